The molecule has 0 radical (unpaired) electrons. The Balaban J connectivity index is 2.90. The molecule has 0 aliphatic rings. The molecule has 0 atom stereocenters. The van der Waals surface area contributed by atoms with Gasteiger partial charge in [-0.2, -0.15) is 0 Å². The number of rotatable bonds is 22. The molecule has 0 aliphatic carbocycles. The molecular formula is C44H30O34. The van der Waals surface area contributed by atoms with E-state index in [1.54, 1.807) is 0 Å². The Morgan fingerprint density at radius 3 is 0.500 bits per heavy atom. The number of carbonyl (C=O) groups is 18. The van der Waals surface area contributed by atoms with Crippen molar-refractivity contribution in [1.82, 2.24) is 0 Å². The summed E-state index contributed by atoms with van der Waals surface area (Å²) in [6.45, 7) is 3.38. The zero-order chi connectivity index (χ0) is 60.2. The molecule has 0 amide bonds. The predicted octanol–water partition coefficient (Wildman–Crippen LogP) is 1.69. The summed E-state index contributed by atoms with van der Waals surface area (Å²) < 4.78 is 18.8. The maximum Gasteiger partial charge on any atom is 0.347 e. The Labute approximate surface area is 426 Å². The van der Waals surface area contributed by atoms with Gasteiger partial charge in [0.25, 0.3) is 0 Å². The number of ether oxygens (including phenoxy) is 4. The molecule has 3 aromatic carbocycles. The SMILES string of the molecule is CC(C)COC(=O)c1c(C(=O)O)c(C(=O)O)c(C(=O)OC(=O)c2c(C(=O)O)c(C(=O)O)c(C(=O)O)c(C(=O)O)c2C(=O)O)c(C(=O)OC(=O)c2c(C(=O)O)c(C(=O)O)c(C(=O)O)c(C(=O)O)c2C(=O)O)c1C(=O)OCC(C)C. The third-order valence-electron chi connectivity index (χ3n) is 9.76. The van der Waals surface area contributed by atoms with Crippen LogP contribution in [-0.4, -0.2) is 182 Å². The Hall–Kier alpha value is -11.5. The molecule has 12 N–H and O–H groups in total. The lowest BCUT2D eigenvalue weighted by Crippen LogP contribution is -2.33. The average Bonchev–Trinajstić information content (AvgIpc) is 3.30. The first-order chi connectivity index (χ1) is 35.9. The minimum absolute atomic E-state index is 0.787. The average molecular weight is 1100 g/mol. The van der Waals surface area contributed by atoms with Gasteiger partial charge in [-0.15, -0.1) is 0 Å². The summed E-state index contributed by atoms with van der Waals surface area (Å²) >= 11 is 0. The van der Waals surface area contributed by atoms with Crippen LogP contribution in [0.25, 0.3) is 0 Å². The van der Waals surface area contributed by atoms with Gasteiger partial charge in [0.15, 0.2) is 0 Å². The fourth-order valence-corrected chi connectivity index (χ4v) is 7.04. The summed E-state index contributed by atoms with van der Waals surface area (Å²) in [6, 6.07) is 0. The maximum absolute atomic E-state index is 14.7. The van der Waals surface area contributed by atoms with E-state index in [1.807, 2.05) is 0 Å². The number of benzene rings is 3. The minimum atomic E-state index is -3.09. The lowest BCUT2D eigenvalue weighted by atomic mass is 9.85. The van der Waals surface area contributed by atoms with Crippen LogP contribution in [0.2, 0.25) is 0 Å². The third kappa shape index (κ3) is 11.5. The van der Waals surface area contributed by atoms with E-state index in [0.29, 0.717) is 0 Å². The molecule has 3 rings (SSSR count). The van der Waals surface area contributed by atoms with Crippen LogP contribution >= 0.6 is 0 Å². The zero-order valence-corrected chi connectivity index (χ0v) is 38.9. The smallest absolute Gasteiger partial charge is 0.347 e. The number of hydrogen-bond acceptors (Lipinski definition) is 22. The molecule has 0 aromatic heterocycles. The first-order valence-corrected chi connectivity index (χ1v) is 20.3. The van der Waals surface area contributed by atoms with Gasteiger partial charge < -0.3 is 80.2 Å². The standard InChI is InChI=1S/C44H30O34/c1-7(2)5-75-39(69)23-19(37(65)66)20(38(67)68)24(43(73)77-41(71)21-15(33(57)58)11(29(49)50)9(27(45)46)12(30(51)52)16(21)34(59)60)26(25(23)40(70)76-6-8(3)4)44(74)78-42(72)22-17(35(61)62)13(31(53)54)10(28(47)48)14(32(55)56)18(22)36(63)64/h7-8H,5-6H2,1-4H3,(H,45,46)(H,47,48)(H,49,50)(H,51,52)(H,53,54)(H,55,56)(H,57,58)(H,59,60)(H,61,62)(H,63,64)(H,65,66)(H,67,68). The van der Waals surface area contributed by atoms with Crippen molar-refractivity contribution < 1.29 is 167 Å². The highest BCUT2D eigenvalue weighted by Gasteiger charge is 2.47. The molecule has 0 fully saturated rings. The van der Waals surface area contributed by atoms with Crippen molar-refractivity contribution in [3.8, 4) is 0 Å². The van der Waals surface area contributed by atoms with Crippen LogP contribution < -0.4 is 0 Å². The summed E-state index contributed by atoms with van der Waals surface area (Å²) in [4.78, 5) is 236. The number of carbonyl (C=O) groups excluding carboxylic acids is 6. The largest absolute Gasteiger partial charge is 0.478 e. The Bertz CT molecular complexity index is 3270. The highest BCUT2D eigenvalue weighted by molar-refractivity contribution is 6.29. The quantitative estimate of drug-likeness (QED) is 0.0387. The molecule has 0 saturated heterocycles. The highest BCUT2D eigenvalue weighted by Crippen LogP contribution is 2.37. The van der Waals surface area contributed by atoms with E-state index >= 15 is 0 Å². The molecule has 0 unspecified atom stereocenters. The van der Waals surface area contributed by atoms with Gasteiger partial charge in [0.1, 0.15) is 0 Å². The zero-order valence-electron chi connectivity index (χ0n) is 38.9. The number of esters is 6. The van der Waals surface area contributed by atoms with Gasteiger partial charge >= 0.3 is 107 Å². The Morgan fingerprint density at radius 2 is 0.346 bits per heavy atom. The van der Waals surface area contributed by atoms with Gasteiger partial charge in [-0.1, -0.05) is 27.7 Å². The summed E-state index contributed by atoms with van der Waals surface area (Å²) in [5.41, 5.74) is -41.4. The molecule has 34 heteroatoms. The van der Waals surface area contributed by atoms with E-state index in [9.17, 15) is 148 Å². The molecule has 34 nitrogen and oxygen atoms in total. The molecule has 3 aromatic rings. The van der Waals surface area contributed by atoms with E-state index < -0.39 is 233 Å². The van der Waals surface area contributed by atoms with E-state index in [4.69, 9.17) is 9.47 Å². The summed E-state index contributed by atoms with van der Waals surface area (Å²) in [5.74, 6) is -51.9. The van der Waals surface area contributed by atoms with Crippen molar-refractivity contribution in [1.29, 1.82) is 0 Å². The van der Waals surface area contributed by atoms with Crippen molar-refractivity contribution in [2.45, 2.75) is 27.7 Å². The predicted molar refractivity (Wildman–Crippen MR) is 233 cm³/mol. The number of carboxylic acid groups (broad SMARTS) is 12. The van der Waals surface area contributed by atoms with Crippen LogP contribution in [0.5, 0.6) is 0 Å². The van der Waals surface area contributed by atoms with Crippen molar-refractivity contribution in [3.63, 3.8) is 0 Å². The fourth-order valence-electron chi connectivity index (χ4n) is 7.04. The van der Waals surface area contributed by atoms with Crippen LogP contribution in [0.1, 0.15) is 214 Å². The second-order valence-electron chi connectivity index (χ2n) is 15.8. The van der Waals surface area contributed by atoms with Gasteiger partial charge in [-0.25, -0.2) is 86.3 Å². The Morgan fingerprint density at radius 1 is 0.231 bits per heavy atom. The maximum atomic E-state index is 14.7. The summed E-state index contributed by atoms with van der Waals surface area (Å²) in [6.07, 6.45) is 0. The molecule has 0 heterocycles. The first-order valence-electron chi connectivity index (χ1n) is 20.3. The van der Waals surface area contributed by atoms with E-state index in [2.05, 4.69) is 9.47 Å². The van der Waals surface area contributed by atoms with Crippen LogP contribution in [0.3, 0.4) is 0 Å². The molecular weight excluding hydrogens is 1070 g/mol. The topological polar surface area (TPSA) is 587 Å². The highest BCUT2D eigenvalue weighted by atomic mass is 16.6. The van der Waals surface area contributed by atoms with Crippen molar-refractivity contribution in [2.75, 3.05) is 13.2 Å². The van der Waals surface area contributed by atoms with Crippen LogP contribution in [0, 0.1) is 11.8 Å². The number of aromatic carboxylic acids is 12. The van der Waals surface area contributed by atoms with E-state index in [-0.39, 0.29) is 0 Å². The summed E-state index contributed by atoms with van der Waals surface area (Å²) in [7, 11) is 0. The Kier molecular flexibility index (Phi) is 18.1. The summed E-state index contributed by atoms with van der Waals surface area (Å²) in [5, 5.41) is 120. The second-order valence-corrected chi connectivity index (χ2v) is 15.8. The van der Waals surface area contributed by atoms with Gasteiger partial charge in [-0.05, 0) is 11.8 Å². The van der Waals surface area contributed by atoms with Crippen LogP contribution in [-0.2, 0) is 18.9 Å². The minimum Gasteiger partial charge on any atom is -0.478 e. The van der Waals surface area contributed by atoms with Gasteiger partial charge in [0, 0.05) is 0 Å². The normalized spacial score (nSPS) is 10.6. The molecule has 78 heavy (non-hydrogen) atoms. The van der Waals surface area contributed by atoms with E-state index in [1.165, 1.54) is 27.7 Å². The third-order valence-corrected chi connectivity index (χ3v) is 9.76. The van der Waals surface area contributed by atoms with Crippen LogP contribution in [0.15, 0.2) is 0 Å². The van der Waals surface area contributed by atoms with Gasteiger partial charge in [0.05, 0.1) is 113 Å². The number of hydrogen-bond donors (Lipinski definition) is 12. The first kappa shape index (κ1) is 60.8. The van der Waals surface area contributed by atoms with Gasteiger partial charge in [0.2, 0.25) is 0 Å². The monoisotopic (exact) mass is 1100 g/mol. The van der Waals surface area contributed by atoms with Gasteiger partial charge in [-0.3, -0.25) is 0 Å². The number of carboxylic acids is 12. The van der Waals surface area contributed by atoms with Crippen molar-refractivity contribution in [2.24, 2.45) is 11.8 Å². The van der Waals surface area contributed by atoms with Crippen LogP contribution in [0.4, 0.5) is 0 Å². The molecule has 0 bridgehead atoms. The molecule has 410 valence electrons. The molecule has 0 saturated carbocycles. The van der Waals surface area contributed by atoms with E-state index in [0.717, 1.165) is 0 Å². The molecule has 0 aliphatic heterocycles. The lowest BCUT2D eigenvalue weighted by Gasteiger charge is -2.22. The lowest BCUT2D eigenvalue weighted by molar-refractivity contribution is 0.0337. The fraction of sp³-hybridized carbons (Fsp3) is 0.182. The second kappa shape index (κ2) is 23.2. The van der Waals surface area contributed by atoms with Crippen molar-refractivity contribution in [3.05, 3.63) is 100 Å². The van der Waals surface area contributed by atoms with Crippen molar-refractivity contribution >= 4 is 107 Å². The molecule has 0 spiro atoms.